The van der Waals surface area contributed by atoms with Crippen molar-refractivity contribution in [3.05, 3.63) is 0 Å². The van der Waals surface area contributed by atoms with Gasteiger partial charge in [-0.05, 0) is 6.92 Å². The van der Waals surface area contributed by atoms with E-state index in [-0.39, 0.29) is 36.2 Å². The number of rotatable bonds is 3. The molecule has 0 aliphatic carbocycles. The summed E-state index contributed by atoms with van der Waals surface area (Å²) in [6, 6.07) is 0. The Bertz CT molecular complexity index is 214. The van der Waals surface area contributed by atoms with E-state index in [2.05, 4.69) is 14.2 Å². The van der Waals surface area contributed by atoms with Gasteiger partial charge in [0.25, 0.3) is 0 Å². The topological polar surface area (TPSA) is 78.9 Å². The molecule has 7 heteroatoms. The van der Waals surface area contributed by atoms with Crippen LogP contribution in [0.1, 0.15) is 13.8 Å². The fraction of sp³-hybridized carbons (Fsp3) is 0.571. The van der Waals surface area contributed by atoms with E-state index in [9.17, 15) is 14.4 Å². The van der Waals surface area contributed by atoms with E-state index in [1.165, 1.54) is 0 Å². The number of ether oxygens (including phenoxy) is 3. The summed E-state index contributed by atoms with van der Waals surface area (Å²) in [6.07, 6.45) is -1.10. The molecule has 0 saturated carbocycles. The van der Waals surface area contributed by atoms with Gasteiger partial charge in [0, 0.05) is 6.92 Å². The van der Waals surface area contributed by atoms with E-state index in [0.29, 0.717) is 0 Å². The third-order valence-corrected chi connectivity index (χ3v) is 0.853. The van der Waals surface area contributed by atoms with Crippen LogP contribution in [0.3, 0.4) is 0 Å². The first kappa shape index (κ1) is 15.9. The Morgan fingerprint density at radius 2 is 1.71 bits per heavy atom. The van der Waals surface area contributed by atoms with Crippen LogP contribution in [0.4, 0.5) is 4.79 Å². The molecule has 0 amide bonds. The molecule has 0 fully saturated rings. The van der Waals surface area contributed by atoms with Crippen molar-refractivity contribution >= 4 is 47.7 Å². The molecule has 0 saturated heterocycles. The number of hydrogen-bond donors (Lipinski definition) is 0. The second kappa shape index (κ2) is 8.98. The Hall–Kier alpha value is -0.590. The van der Waals surface area contributed by atoms with Crippen LogP contribution >= 0.6 is 0 Å². The Balaban J connectivity index is 0. The van der Waals surface area contributed by atoms with Crippen molar-refractivity contribution in [1.82, 2.24) is 0 Å². The fourth-order valence-electron chi connectivity index (χ4n) is 0.430. The van der Waals surface area contributed by atoms with E-state index in [1.54, 1.807) is 6.92 Å². The van der Waals surface area contributed by atoms with E-state index >= 15 is 0 Å². The van der Waals surface area contributed by atoms with Crippen molar-refractivity contribution in [3.63, 3.8) is 0 Å². The molecule has 76 valence electrons. The zero-order valence-corrected chi connectivity index (χ0v) is 7.36. The van der Waals surface area contributed by atoms with Gasteiger partial charge in [-0.3, -0.25) is 4.79 Å². The minimum absolute atomic E-state index is 0. The van der Waals surface area contributed by atoms with Crippen LogP contribution in [0.2, 0.25) is 0 Å². The summed E-state index contributed by atoms with van der Waals surface area (Å²) in [5.41, 5.74) is 0. The second-order valence-electron chi connectivity index (χ2n) is 1.94. The van der Waals surface area contributed by atoms with Crippen molar-refractivity contribution < 1.29 is 28.6 Å². The monoisotopic (exact) mass is 214 g/mol. The molecule has 14 heavy (non-hydrogen) atoms. The van der Waals surface area contributed by atoms with Crippen molar-refractivity contribution in [2.75, 3.05) is 13.2 Å². The van der Waals surface area contributed by atoms with E-state index in [1.807, 2.05) is 0 Å². The predicted octanol–water partition coefficient (Wildman–Crippen LogP) is -0.399. The standard InChI is InChI=1S/C7H10O6.Na.H/c1-3-11-7(10)13-6(9)4-12-5(2)8;;/h3-4H2,1-2H3;;. The molecule has 0 aliphatic heterocycles. The van der Waals surface area contributed by atoms with Crippen molar-refractivity contribution in [3.8, 4) is 0 Å². The van der Waals surface area contributed by atoms with Crippen LogP contribution in [0, 0.1) is 0 Å². The van der Waals surface area contributed by atoms with Crippen LogP contribution in [-0.2, 0) is 23.8 Å². The summed E-state index contributed by atoms with van der Waals surface area (Å²) in [4.78, 5) is 31.3. The van der Waals surface area contributed by atoms with Gasteiger partial charge in [-0.25, -0.2) is 9.59 Å². The molecule has 0 aromatic heterocycles. The van der Waals surface area contributed by atoms with Crippen LogP contribution in [0.5, 0.6) is 0 Å². The molecule has 0 bridgehead atoms. The summed E-state index contributed by atoms with van der Waals surface area (Å²) in [7, 11) is 0. The van der Waals surface area contributed by atoms with Gasteiger partial charge in [-0.1, -0.05) is 0 Å². The molecule has 0 aliphatic rings. The number of hydrogen-bond acceptors (Lipinski definition) is 6. The molecule has 0 N–H and O–H groups in total. The number of esters is 2. The summed E-state index contributed by atoms with van der Waals surface area (Å²) >= 11 is 0. The second-order valence-corrected chi connectivity index (χ2v) is 1.94. The van der Waals surface area contributed by atoms with Crippen molar-refractivity contribution in [2.24, 2.45) is 0 Å². The molecular weight excluding hydrogens is 203 g/mol. The summed E-state index contributed by atoms with van der Waals surface area (Å²) < 4.78 is 12.6. The van der Waals surface area contributed by atoms with Gasteiger partial charge in [0.1, 0.15) is 0 Å². The summed E-state index contributed by atoms with van der Waals surface area (Å²) in [6.45, 7) is 2.23. The molecule has 6 nitrogen and oxygen atoms in total. The molecular formula is C7H11NaO6. The van der Waals surface area contributed by atoms with E-state index in [0.717, 1.165) is 6.92 Å². The number of carbonyl (C=O) groups excluding carboxylic acids is 3. The minimum atomic E-state index is -1.10. The molecule has 0 aromatic carbocycles. The average molecular weight is 214 g/mol. The van der Waals surface area contributed by atoms with Crippen molar-refractivity contribution in [1.29, 1.82) is 0 Å². The van der Waals surface area contributed by atoms with Gasteiger partial charge >= 0.3 is 47.7 Å². The molecule has 0 radical (unpaired) electrons. The molecule has 0 atom stereocenters. The van der Waals surface area contributed by atoms with Gasteiger partial charge < -0.3 is 14.2 Å². The van der Waals surface area contributed by atoms with Crippen molar-refractivity contribution in [2.45, 2.75) is 13.8 Å². The Morgan fingerprint density at radius 1 is 1.14 bits per heavy atom. The molecule has 0 heterocycles. The Morgan fingerprint density at radius 3 is 2.14 bits per heavy atom. The third kappa shape index (κ3) is 9.50. The quantitative estimate of drug-likeness (QED) is 0.361. The first-order valence-corrected chi connectivity index (χ1v) is 3.57. The van der Waals surface area contributed by atoms with Gasteiger partial charge in [-0.15, -0.1) is 0 Å². The van der Waals surface area contributed by atoms with E-state index < -0.39 is 24.7 Å². The molecule has 0 rings (SSSR count). The number of carbonyl (C=O) groups is 3. The molecule has 0 unspecified atom stereocenters. The normalized spacial score (nSPS) is 8.14. The molecule has 0 aromatic rings. The maximum atomic E-state index is 10.6. The average Bonchev–Trinajstić information content (AvgIpc) is 2.01. The fourth-order valence-corrected chi connectivity index (χ4v) is 0.430. The first-order chi connectivity index (χ1) is 6.06. The Kier molecular flexibility index (Phi) is 10.2. The zero-order chi connectivity index (χ0) is 10.3. The van der Waals surface area contributed by atoms with Crippen LogP contribution in [0.25, 0.3) is 0 Å². The SMILES string of the molecule is CCOC(=O)OC(=O)COC(C)=O.[NaH]. The first-order valence-electron chi connectivity index (χ1n) is 3.57. The van der Waals surface area contributed by atoms with Crippen LogP contribution in [0.15, 0.2) is 0 Å². The zero-order valence-electron chi connectivity index (χ0n) is 7.36. The predicted molar refractivity (Wildman–Crippen MR) is 46.9 cm³/mol. The van der Waals surface area contributed by atoms with Gasteiger partial charge in [0.15, 0.2) is 6.61 Å². The summed E-state index contributed by atoms with van der Waals surface area (Å²) in [5, 5.41) is 0. The molecule has 0 spiro atoms. The maximum absolute atomic E-state index is 10.6. The Labute approximate surface area is 103 Å². The van der Waals surface area contributed by atoms with Crippen LogP contribution < -0.4 is 0 Å². The summed E-state index contributed by atoms with van der Waals surface area (Å²) in [5.74, 6) is -1.59. The van der Waals surface area contributed by atoms with Gasteiger partial charge in [0.2, 0.25) is 0 Å². The van der Waals surface area contributed by atoms with E-state index in [4.69, 9.17) is 0 Å². The van der Waals surface area contributed by atoms with Gasteiger partial charge in [0.05, 0.1) is 6.61 Å². The van der Waals surface area contributed by atoms with Crippen LogP contribution in [-0.4, -0.2) is 60.9 Å². The van der Waals surface area contributed by atoms with Gasteiger partial charge in [-0.2, -0.15) is 0 Å². The third-order valence-electron chi connectivity index (χ3n) is 0.853.